The molecule has 0 saturated heterocycles. The average Bonchev–Trinajstić information content (AvgIpc) is 2.71. The van der Waals surface area contributed by atoms with Crippen molar-refractivity contribution in [2.45, 2.75) is 18.8 Å². The number of rotatable bonds is 10. The van der Waals surface area contributed by atoms with Gasteiger partial charge in [-0.1, -0.05) is 42.5 Å². The van der Waals surface area contributed by atoms with Crippen molar-refractivity contribution in [2.75, 3.05) is 33.0 Å². The van der Waals surface area contributed by atoms with Crippen LogP contribution in [0.5, 0.6) is 11.5 Å². The van der Waals surface area contributed by atoms with E-state index in [1.165, 1.54) is 0 Å². The molecule has 0 aliphatic rings. The summed E-state index contributed by atoms with van der Waals surface area (Å²) in [6.45, 7) is 3.13. The maximum Gasteiger partial charge on any atom is 0.191 e. The fraction of sp³-hybridized carbons (Fsp3) is 0.381. The van der Waals surface area contributed by atoms with E-state index in [1.54, 1.807) is 14.2 Å². The lowest BCUT2D eigenvalue weighted by atomic mass is 10.2. The van der Waals surface area contributed by atoms with E-state index in [0.717, 1.165) is 5.56 Å². The average molecular weight is 531 g/mol. The summed E-state index contributed by atoms with van der Waals surface area (Å²) in [5.41, 5.74) is 1.09. The zero-order valence-electron chi connectivity index (χ0n) is 17.1. The van der Waals surface area contributed by atoms with E-state index >= 15 is 0 Å². The van der Waals surface area contributed by atoms with Crippen LogP contribution >= 0.6 is 24.0 Å². The minimum Gasteiger partial charge on any atom is -0.493 e. The second-order valence-electron chi connectivity index (χ2n) is 6.23. The molecule has 6 nitrogen and oxygen atoms in total. The predicted molar refractivity (Wildman–Crippen MR) is 131 cm³/mol. The van der Waals surface area contributed by atoms with Crippen molar-refractivity contribution in [3.05, 3.63) is 60.2 Å². The lowest BCUT2D eigenvalue weighted by Crippen LogP contribution is -2.43. The number of halogens is 1. The van der Waals surface area contributed by atoms with Crippen molar-refractivity contribution in [3.8, 4) is 11.5 Å². The second kappa shape index (κ2) is 14.2. The minimum atomic E-state index is -0.916. The summed E-state index contributed by atoms with van der Waals surface area (Å²) in [7, 11) is 2.42. The van der Waals surface area contributed by atoms with Crippen LogP contribution in [0.2, 0.25) is 0 Å². The normalized spacial score (nSPS) is 13.0. The molecule has 160 valence electrons. The Hall–Kier alpha value is -1.81. The van der Waals surface area contributed by atoms with Crippen LogP contribution in [0.15, 0.2) is 59.6 Å². The van der Waals surface area contributed by atoms with Crippen molar-refractivity contribution >= 4 is 40.7 Å². The summed E-state index contributed by atoms with van der Waals surface area (Å²) in [6.07, 6.45) is -0.0814. The molecular formula is C21H30IN3O3S. The van der Waals surface area contributed by atoms with Gasteiger partial charge in [0.15, 0.2) is 17.5 Å². The first-order valence-corrected chi connectivity index (χ1v) is 10.7. The van der Waals surface area contributed by atoms with Gasteiger partial charge in [0.25, 0.3) is 0 Å². The van der Waals surface area contributed by atoms with Crippen LogP contribution in [-0.2, 0) is 16.6 Å². The highest BCUT2D eigenvalue weighted by Crippen LogP contribution is 2.26. The summed E-state index contributed by atoms with van der Waals surface area (Å²) in [5.74, 6) is 3.20. The van der Waals surface area contributed by atoms with E-state index in [0.29, 0.717) is 42.1 Å². The van der Waals surface area contributed by atoms with Gasteiger partial charge >= 0.3 is 0 Å². The van der Waals surface area contributed by atoms with Crippen molar-refractivity contribution in [3.63, 3.8) is 0 Å². The maximum atomic E-state index is 12.2. The summed E-state index contributed by atoms with van der Waals surface area (Å²) < 4.78 is 23.4. The molecule has 0 saturated carbocycles. The zero-order valence-corrected chi connectivity index (χ0v) is 20.2. The molecule has 0 heterocycles. The van der Waals surface area contributed by atoms with Crippen LogP contribution < -0.4 is 20.1 Å². The second-order valence-corrected chi connectivity index (χ2v) is 7.81. The number of hydrogen-bond acceptors (Lipinski definition) is 4. The first-order valence-electron chi connectivity index (χ1n) is 9.25. The van der Waals surface area contributed by atoms with E-state index in [4.69, 9.17) is 9.47 Å². The van der Waals surface area contributed by atoms with Crippen LogP contribution in [0.3, 0.4) is 0 Å². The van der Waals surface area contributed by atoms with Gasteiger partial charge in [0, 0.05) is 35.9 Å². The number of nitrogens with zero attached hydrogens (tertiary/aromatic N) is 1. The third-order valence-corrected chi connectivity index (χ3v) is 5.29. The van der Waals surface area contributed by atoms with Gasteiger partial charge in [-0.3, -0.25) is 9.20 Å². The van der Waals surface area contributed by atoms with Crippen LogP contribution in [0, 0.1) is 0 Å². The van der Waals surface area contributed by atoms with Crippen molar-refractivity contribution in [1.29, 1.82) is 0 Å². The highest BCUT2D eigenvalue weighted by Gasteiger charge is 2.09. The standard InChI is InChI=1S/C21H29N3O3S.HI/c1-17(27-20-12-8-7-11-19(20)26-3)15-24-21(22-2)23-13-14-28(25)16-18-9-5-4-6-10-18;/h4-12,17H,13-16H2,1-3H3,(H2,22,23,24);1H. The summed E-state index contributed by atoms with van der Waals surface area (Å²) in [4.78, 5) is 4.20. The number of benzene rings is 2. The Kier molecular flexibility index (Phi) is 12.4. The lowest BCUT2D eigenvalue weighted by Gasteiger charge is -2.19. The van der Waals surface area contributed by atoms with Crippen LogP contribution in [0.1, 0.15) is 12.5 Å². The Balaban J connectivity index is 0.00000420. The van der Waals surface area contributed by atoms with E-state index < -0.39 is 10.8 Å². The van der Waals surface area contributed by atoms with Crippen molar-refractivity contribution in [2.24, 2.45) is 4.99 Å². The number of hydrogen-bond donors (Lipinski definition) is 2. The maximum absolute atomic E-state index is 12.2. The molecule has 29 heavy (non-hydrogen) atoms. The predicted octanol–water partition coefficient (Wildman–Crippen LogP) is 3.19. The Morgan fingerprint density at radius 2 is 1.72 bits per heavy atom. The molecule has 2 aromatic rings. The van der Waals surface area contributed by atoms with Crippen LogP contribution in [-0.4, -0.2) is 49.3 Å². The molecule has 0 aliphatic heterocycles. The largest absolute Gasteiger partial charge is 0.493 e. The molecule has 0 radical (unpaired) electrons. The van der Waals surface area contributed by atoms with Gasteiger partial charge in [-0.2, -0.15) is 0 Å². The van der Waals surface area contributed by atoms with Crippen LogP contribution in [0.25, 0.3) is 0 Å². The topological polar surface area (TPSA) is 72.0 Å². The molecule has 0 bridgehead atoms. The molecular weight excluding hydrogens is 501 g/mol. The Morgan fingerprint density at radius 3 is 2.38 bits per heavy atom. The molecule has 2 rings (SSSR count). The highest BCUT2D eigenvalue weighted by molar-refractivity contribution is 14.0. The van der Waals surface area contributed by atoms with Gasteiger partial charge in [-0.05, 0) is 24.6 Å². The third kappa shape index (κ3) is 9.49. The molecule has 2 unspecified atom stereocenters. The fourth-order valence-corrected chi connectivity index (χ4v) is 3.59. The first kappa shape index (κ1) is 25.2. The number of guanidine groups is 1. The number of aliphatic imine (C=N–C) groups is 1. The molecule has 0 fully saturated rings. The Morgan fingerprint density at radius 1 is 1.07 bits per heavy atom. The van der Waals surface area contributed by atoms with Crippen LogP contribution in [0.4, 0.5) is 0 Å². The van der Waals surface area contributed by atoms with E-state index in [9.17, 15) is 4.21 Å². The SMILES string of the molecule is CN=C(NCCS(=O)Cc1ccccc1)NCC(C)Oc1ccccc1OC.I. The highest BCUT2D eigenvalue weighted by atomic mass is 127. The molecule has 8 heteroatoms. The molecule has 2 N–H and O–H groups in total. The van der Waals surface area contributed by atoms with Crippen molar-refractivity contribution < 1.29 is 13.7 Å². The monoisotopic (exact) mass is 531 g/mol. The third-order valence-electron chi connectivity index (χ3n) is 3.97. The molecule has 0 amide bonds. The first-order chi connectivity index (χ1) is 13.6. The van der Waals surface area contributed by atoms with Gasteiger partial charge in [-0.25, -0.2) is 0 Å². The molecule has 0 aliphatic carbocycles. The molecule has 2 atom stereocenters. The Bertz CT molecular complexity index is 775. The Labute approximate surface area is 193 Å². The van der Waals surface area contributed by atoms with Gasteiger partial charge in [0.05, 0.1) is 13.7 Å². The van der Waals surface area contributed by atoms with Gasteiger partial charge in [0.2, 0.25) is 0 Å². The summed E-state index contributed by atoms with van der Waals surface area (Å²) >= 11 is 0. The van der Waals surface area contributed by atoms with E-state index in [2.05, 4.69) is 15.6 Å². The quantitative estimate of drug-likeness (QED) is 0.280. The van der Waals surface area contributed by atoms with E-state index in [-0.39, 0.29) is 30.1 Å². The van der Waals surface area contributed by atoms with Gasteiger partial charge in [-0.15, -0.1) is 24.0 Å². The molecule has 0 aromatic heterocycles. The zero-order chi connectivity index (χ0) is 20.2. The summed E-state index contributed by atoms with van der Waals surface area (Å²) in [5, 5.41) is 6.42. The lowest BCUT2D eigenvalue weighted by molar-refractivity contribution is 0.213. The van der Waals surface area contributed by atoms with E-state index in [1.807, 2.05) is 61.5 Å². The van der Waals surface area contributed by atoms with Crippen molar-refractivity contribution in [1.82, 2.24) is 10.6 Å². The fourth-order valence-electron chi connectivity index (χ4n) is 2.55. The molecule has 0 spiro atoms. The smallest absolute Gasteiger partial charge is 0.191 e. The molecule has 2 aromatic carbocycles. The van der Waals surface area contributed by atoms with Gasteiger partial charge in [0.1, 0.15) is 6.10 Å². The number of methoxy groups -OCH3 is 1. The number of para-hydroxylation sites is 2. The summed E-state index contributed by atoms with van der Waals surface area (Å²) in [6, 6.07) is 17.4. The number of ether oxygens (including phenoxy) is 2. The number of nitrogens with one attached hydrogen (secondary N) is 2. The minimum absolute atomic E-state index is 0. The van der Waals surface area contributed by atoms with Gasteiger partial charge < -0.3 is 20.1 Å².